The number of pyridine rings is 1. The first-order chi connectivity index (χ1) is 18.3. The molecule has 1 saturated heterocycles. The number of aliphatic hydroxyl groups excluding tert-OH is 1. The normalized spacial score (nSPS) is 21.4. The lowest BCUT2D eigenvalue weighted by molar-refractivity contribution is -0.0410. The van der Waals surface area contributed by atoms with Gasteiger partial charge in [-0.25, -0.2) is 19.3 Å². The molecule has 0 unspecified atom stereocenters. The van der Waals surface area contributed by atoms with E-state index in [-0.39, 0.29) is 12.4 Å². The van der Waals surface area contributed by atoms with Crippen LogP contribution in [0.4, 0.5) is 16.0 Å². The highest BCUT2D eigenvalue weighted by Crippen LogP contribution is 2.39. The molecular weight excluding hydrogens is 491 g/mol. The van der Waals surface area contributed by atoms with E-state index < -0.39 is 24.6 Å². The van der Waals surface area contributed by atoms with Crippen molar-refractivity contribution in [3.05, 3.63) is 54.6 Å². The quantitative estimate of drug-likeness (QED) is 0.310. The molecule has 1 fully saturated rings. The Labute approximate surface area is 217 Å². The Hall–Kier alpha value is -4.29. The Kier molecular flexibility index (Phi) is 5.84. The van der Waals surface area contributed by atoms with Crippen molar-refractivity contribution in [3.8, 4) is 17.0 Å². The lowest BCUT2D eigenvalue weighted by Crippen LogP contribution is -2.32. The molecule has 4 N–H and O–H groups in total. The van der Waals surface area contributed by atoms with Crippen LogP contribution >= 0.6 is 0 Å². The number of anilines is 2. The van der Waals surface area contributed by atoms with Crippen molar-refractivity contribution in [2.45, 2.75) is 31.5 Å². The van der Waals surface area contributed by atoms with Crippen LogP contribution in [0.1, 0.15) is 11.9 Å². The summed E-state index contributed by atoms with van der Waals surface area (Å²) >= 11 is 0. The number of rotatable bonds is 6. The molecule has 6 rings (SSSR count). The fourth-order valence-electron chi connectivity index (χ4n) is 4.76. The molecule has 196 valence electrons. The molecule has 1 aromatic carbocycles. The van der Waals surface area contributed by atoms with E-state index in [0.29, 0.717) is 28.0 Å². The Bertz CT molecular complexity index is 1630. The molecule has 4 atom stereocenters. The maximum Gasteiger partial charge on any atom is 0.173 e. The van der Waals surface area contributed by atoms with Crippen LogP contribution in [0.15, 0.2) is 48.9 Å². The van der Waals surface area contributed by atoms with Gasteiger partial charge in [-0.15, -0.1) is 0 Å². The Morgan fingerprint density at radius 1 is 1.21 bits per heavy atom. The number of halogens is 1. The van der Waals surface area contributed by atoms with Crippen LogP contribution in [-0.2, 0) is 11.8 Å². The number of nitrogens with one attached hydrogen (secondary N) is 1. The minimum absolute atomic E-state index is 0.0576. The number of nitrogens with zero attached hydrogens (tertiary/aromatic N) is 6. The Balaban J connectivity index is 1.28. The van der Waals surface area contributed by atoms with E-state index in [2.05, 4.69) is 25.4 Å². The number of hydrogen-bond acceptors (Lipinski definition) is 9. The van der Waals surface area contributed by atoms with Gasteiger partial charge in [-0.2, -0.15) is 5.10 Å². The Morgan fingerprint density at radius 3 is 2.79 bits per heavy atom. The van der Waals surface area contributed by atoms with Crippen molar-refractivity contribution in [1.29, 1.82) is 0 Å². The molecule has 4 aromatic heterocycles. The molecule has 0 radical (unpaired) electrons. The van der Waals surface area contributed by atoms with Crippen LogP contribution in [0.3, 0.4) is 0 Å². The first kappa shape index (κ1) is 24.1. The fourth-order valence-corrected chi connectivity index (χ4v) is 4.76. The topological polar surface area (TPSA) is 138 Å². The number of hydrogen-bond donors (Lipinski definition) is 3. The largest absolute Gasteiger partial charge is 0.491 e. The summed E-state index contributed by atoms with van der Waals surface area (Å²) in [6.07, 6.45) is -2.20. The summed E-state index contributed by atoms with van der Waals surface area (Å²) in [6.45, 7) is 1.87. The fraction of sp³-hybridized carbons (Fsp3) is 0.308. The maximum absolute atomic E-state index is 15.5. The molecule has 1 aliphatic heterocycles. The zero-order chi connectivity index (χ0) is 26.6. The van der Waals surface area contributed by atoms with Crippen LogP contribution in [0, 0.1) is 6.92 Å². The number of aromatic nitrogens is 6. The third-order valence-electron chi connectivity index (χ3n) is 6.93. The maximum atomic E-state index is 15.5. The molecular formula is C26H27FN8O3. The van der Waals surface area contributed by atoms with E-state index in [1.165, 1.54) is 6.33 Å². The van der Waals surface area contributed by atoms with Crippen molar-refractivity contribution in [2.24, 2.45) is 7.05 Å². The van der Waals surface area contributed by atoms with E-state index in [9.17, 15) is 5.11 Å². The number of aryl methyl sites for hydroxylation is 2. The third-order valence-corrected chi connectivity index (χ3v) is 6.93. The zero-order valence-corrected chi connectivity index (χ0v) is 21.0. The summed E-state index contributed by atoms with van der Waals surface area (Å²) in [7, 11) is 3.63. The first-order valence-electron chi connectivity index (χ1n) is 12.1. The second-order valence-corrected chi connectivity index (χ2v) is 9.31. The van der Waals surface area contributed by atoms with Crippen LogP contribution in [0.5, 0.6) is 5.75 Å². The lowest BCUT2D eigenvalue weighted by atomic mass is 10.1. The molecule has 38 heavy (non-hydrogen) atoms. The van der Waals surface area contributed by atoms with E-state index >= 15 is 4.39 Å². The van der Waals surface area contributed by atoms with Crippen molar-refractivity contribution in [3.63, 3.8) is 0 Å². The summed E-state index contributed by atoms with van der Waals surface area (Å²) in [5.41, 5.74) is 9.57. The van der Waals surface area contributed by atoms with Gasteiger partial charge in [0, 0.05) is 43.0 Å². The summed E-state index contributed by atoms with van der Waals surface area (Å²) < 4.78 is 30.7. The number of alkyl halides is 1. The molecule has 5 heterocycles. The average Bonchev–Trinajstić information content (AvgIpc) is 3.56. The molecule has 0 spiro atoms. The smallest absolute Gasteiger partial charge is 0.173 e. The predicted molar refractivity (Wildman–Crippen MR) is 140 cm³/mol. The van der Waals surface area contributed by atoms with Crippen LogP contribution < -0.4 is 15.8 Å². The van der Waals surface area contributed by atoms with Gasteiger partial charge in [0.2, 0.25) is 0 Å². The van der Waals surface area contributed by atoms with Crippen LogP contribution in [0.2, 0.25) is 0 Å². The number of nitrogens with two attached hydrogens (primary N) is 1. The number of nitrogen functional groups attached to an aromatic ring is 1. The Morgan fingerprint density at radius 2 is 2.03 bits per heavy atom. The number of ether oxygens (including phenoxy) is 2. The minimum atomic E-state index is -1.73. The van der Waals surface area contributed by atoms with Gasteiger partial charge in [-0.05, 0) is 37.3 Å². The predicted octanol–water partition coefficient (Wildman–Crippen LogP) is 2.99. The third kappa shape index (κ3) is 3.98. The van der Waals surface area contributed by atoms with E-state index in [1.807, 2.05) is 38.2 Å². The van der Waals surface area contributed by atoms with E-state index in [0.717, 1.165) is 22.4 Å². The first-order valence-corrected chi connectivity index (χ1v) is 12.1. The average molecular weight is 519 g/mol. The molecule has 0 saturated carbocycles. The summed E-state index contributed by atoms with van der Waals surface area (Å²) in [5.74, 6) is 1.51. The van der Waals surface area contributed by atoms with Gasteiger partial charge in [0.15, 0.2) is 12.4 Å². The summed E-state index contributed by atoms with van der Waals surface area (Å²) in [5, 5.41) is 19.8. The molecule has 1 aliphatic rings. The standard InChI is InChI=1S/C26H27FN8O3/c1-13-8-18(33-34(13)3)16-10-35(25-21(16)24(28)30-12-31-25)26-22(27)23(36)19(38-26)11-37-15-6-4-14-5-7-20(29-2)32-17(14)9-15/h4-10,12,19,22-23,26,36H,11H2,1-3H3,(H,29,32)(H2,28,30,31)/t19-,22+,23-,26-/m1/s1. The number of fused-ring (bicyclic) bond motifs is 2. The summed E-state index contributed by atoms with van der Waals surface area (Å²) in [6, 6.07) is 11.2. The van der Waals surface area contributed by atoms with Crippen molar-refractivity contribution in [1.82, 2.24) is 29.3 Å². The van der Waals surface area contributed by atoms with Gasteiger partial charge in [-0.1, -0.05) is 0 Å². The van der Waals surface area contributed by atoms with Gasteiger partial charge in [0.1, 0.15) is 48.2 Å². The van der Waals surface area contributed by atoms with Gasteiger partial charge < -0.3 is 30.2 Å². The second-order valence-electron chi connectivity index (χ2n) is 9.31. The monoisotopic (exact) mass is 518 g/mol. The number of aliphatic hydroxyl groups is 1. The van der Waals surface area contributed by atoms with Gasteiger partial charge in [0.05, 0.1) is 16.6 Å². The zero-order valence-electron chi connectivity index (χ0n) is 21.0. The SMILES string of the molecule is CNc1ccc2ccc(OC[C@H]3O[C@@H](n4cc(-c5cc(C)n(C)n5)c5c(N)ncnc54)[C@@H](F)[C@@H]3O)cc2n1. The van der Waals surface area contributed by atoms with Gasteiger partial charge in [-0.3, -0.25) is 4.68 Å². The summed E-state index contributed by atoms with van der Waals surface area (Å²) in [4.78, 5) is 13.0. The van der Waals surface area contributed by atoms with Crippen molar-refractivity contribution >= 4 is 33.6 Å². The number of benzene rings is 1. The molecule has 0 aliphatic carbocycles. The second kappa shape index (κ2) is 9.23. The highest BCUT2D eigenvalue weighted by molar-refractivity contribution is 6.00. The molecule has 5 aromatic rings. The van der Waals surface area contributed by atoms with Crippen LogP contribution in [0.25, 0.3) is 33.2 Å². The lowest BCUT2D eigenvalue weighted by Gasteiger charge is -2.17. The van der Waals surface area contributed by atoms with Crippen LogP contribution in [-0.4, -0.2) is 66.4 Å². The van der Waals surface area contributed by atoms with E-state index in [4.69, 9.17) is 15.2 Å². The van der Waals surface area contributed by atoms with E-state index in [1.54, 1.807) is 34.6 Å². The van der Waals surface area contributed by atoms with Gasteiger partial charge >= 0.3 is 0 Å². The minimum Gasteiger partial charge on any atom is -0.491 e. The van der Waals surface area contributed by atoms with Gasteiger partial charge in [0.25, 0.3) is 0 Å². The molecule has 0 bridgehead atoms. The molecule has 12 heteroatoms. The van der Waals surface area contributed by atoms with Crippen molar-refractivity contribution < 1.29 is 19.0 Å². The highest BCUT2D eigenvalue weighted by Gasteiger charge is 2.46. The molecule has 11 nitrogen and oxygen atoms in total. The van der Waals surface area contributed by atoms with Crippen molar-refractivity contribution in [2.75, 3.05) is 24.7 Å². The highest BCUT2D eigenvalue weighted by atomic mass is 19.1. The molecule has 0 amide bonds.